The minimum absolute atomic E-state index is 0.0370. The summed E-state index contributed by atoms with van der Waals surface area (Å²) in [6.07, 6.45) is 2.21. The fraction of sp³-hybridized carbons (Fsp3) is 0.500. The van der Waals surface area contributed by atoms with Crippen LogP contribution in [0.1, 0.15) is 30.7 Å². The number of carboxylic acid groups (broad SMARTS) is 1. The Labute approximate surface area is 122 Å². The van der Waals surface area contributed by atoms with Gasteiger partial charge in [-0.25, -0.2) is 9.97 Å². The van der Waals surface area contributed by atoms with Gasteiger partial charge in [0.2, 0.25) is 0 Å². The van der Waals surface area contributed by atoms with Crippen LogP contribution in [-0.4, -0.2) is 22.0 Å². The standard InChI is InChI=1S/C14H19N3O2S/c1-5-7(2)11(14(18)19)17-12-10-8(3)9(4)20-13(10)16-6-15-12/h6-7,11H,5H2,1-4H3,(H,18,19)(H,15,16,17)/p-1/t7-,11+/m0/s1. The molecule has 0 aliphatic heterocycles. The predicted octanol–water partition coefficient (Wildman–Crippen LogP) is 1.88. The first-order valence-corrected chi connectivity index (χ1v) is 7.45. The van der Waals surface area contributed by atoms with Crippen molar-refractivity contribution < 1.29 is 9.90 Å². The maximum absolute atomic E-state index is 11.3. The highest BCUT2D eigenvalue weighted by Crippen LogP contribution is 2.33. The second-order valence-electron chi connectivity index (χ2n) is 5.01. The summed E-state index contributed by atoms with van der Waals surface area (Å²) in [4.78, 5) is 21.8. The summed E-state index contributed by atoms with van der Waals surface area (Å²) >= 11 is 1.59. The minimum Gasteiger partial charge on any atom is -0.548 e. The summed E-state index contributed by atoms with van der Waals surface area (Å²) in [6.45, 7) is 7.87. The van der Waals surface area contributed by atoms with Crippen LogP contribution in [0, 0.1) is 19.8 Å². The van der Waals surface area contributed by atoms with Gasteiger partial charge in [-0.1, -0.05) is 20.3 Å². The van der Waals surface area contributed by atoms with E-state index < -0.39 is 12.0 Å². The molecule has 0 bridgehead atoms. The number of aromatic nitrogens is 2. The van der Waals surface area contributed by atoms with E-state index in [9.17, 15) is 9.90 Å². The molecule has 2 heterocycles. The van der Waals surface area contributed by atoms with Gasteiger partial charge in [0, 0.05) is 4.88 Å². The van der Waals surface area contributed by atoms with Crippen molar-refractivity contribution in [2.75, 3.05) is 5.32 Å². The molecule has 108 valence electrons. The van der Waals surface area contributed by atoms with Gasteiger partial charge in [0.05, 0.1) is 17.4 Å². The number of carbonyl (C=O) groups excluding carboxylic acids is 1. The van der Waals surface area contributed by atoms with Crippen molar-refractivity contribution in [3.63, 3.8) is 0 Å². The lowest BCUT2D eigenvalue weighted by atomic mass is 9.99. The Kier molecular flexibility index (Phi) is 4.23. The third kappa shape index (κ3) is 2.60. The quantitative estimate of drug-likeness (QED) is 0.910. The van der Waals surface area contributed by atoms with Gasteiger partial charge in [0.1, 0.15) is 17.0 Å². The molecule has 0 aliphatic rings. The van der Waals surface area contributed by atoms with Crippen LogP contribution >= 0.6 is 11.3 Å². The van der Waals surface area contributed by atoms with E-state index in [4.69, 9.17) is 0 Å². The number of aryl methyl sites for hydroxylation is 2. The van der Waals surface area contributed by atoms with Crippen molar-refractivity contribution in [3.05, 3.63) is 16.8 Å². The van der Waals surface area contributed by atoms with E-state index in [0.29, 0.717) is 5.82 Å². The van der Waals surface area contributed by atoms with E-state index in [0.717, 1.165) is 27.1 Å². The predicted molar refractivity (Wildman–Crippen MR) is 78.8 cm³/mol. The largest absolute Gasteiger partial charge is 0.548 e. The van der Waals surface area contributed by atoms with Gasteiger partial charge in [-0.3, -0.25) is 0 Å². The number of thiophene rings is 1. The van der Waals surface area contributed by atoms with E-state index in [-0.39, 0.29) is 5.92 Å². The molecule has 20 heavy (non-hydrogen) atoms. The monoisotopic (exact) mass is 292 g/mol. The number of nitrogens with one attached hydrogen (secondary N) is 1. The summed E-state index contributed by atoms with van der Waals surface area (Å²) in [5, 5.41) is 15.2. The van der Waals surface area contributed by atoms with Gasteiger partial charge in [0.25, 0.3) is 0 Å². The maximum atomic E-state index is 11.3. The van der Waals surface area contributed by atoms with Crippen LogP contribution in [0.4, 0.5) is 5.82 Å². The number of rotatable bonds is 5. The summed E-state index contributed by atoms with van der Waals surface area (Å²) in [5.41, 5.74) is 1.09. The van der Waals surface area contributed by atoms with Crippen LogP contribution < -0.4 is 10.4 Å². The lowest BCUT2D eigenvalue weighted by Crippen LogP contribution is -2.45. The van der Waals surface area contributed by atoms with Crippen LogP contribution in [-0.2, 0) is 4.79 Å². The Bertz CT molecular complexity index is 639. The van der Waals surface area contributed by atoms with Gasteiger partial charge in [-0.15, -0.1) is 11.3 Å². The fourth-order valence-electron chi connectivity index (χ4n) is 2.11. The third-order valence-corrected chi connectivity index (χ3v) is 4.84. The molecule has 1 N–H and O–H groups in total. The number of hydrogen-bond donors (Lipinski definition) is 1. The Morgan fingerprint density at radius 3 is 2.75 bits per heavy atom. The molecule has 2 aromatic rings. The molecule has 0 saturated heterocycles. The molecule has 0 unspecified atom stereocenters. The smallest absolute Gasteiger partial charge is 0.138 e. The van der Waals surface area contributed by atoms with Crippen molar-refractivity contribution in [3.8, 4) is 0 Å². The second-order valence-corrected chi connectivity index (χ2v) is 6.22. The average molecular weight is 292 g/mol. The molecule has 0 spiro atoms. The van der Waals surface area contributed by atoms with E-state index >= 15 is 0 Å². The van der Waals surface area contributed by atoms with Crippen molar-refractivity contribution in [1.29, 1.82) is 0 Å². The van der Waals surface area contributed by atoms with Gasteiger partial charge in [-0.2, -0.15) is 0 Å². The normalized spacial score (nSPS) is 14.2. The SMILES string of the molecule is CC[C@H](C)[C@@H](Nc1ncnc2sc(C)c(C)c12)C(=O)[O-]. The Balaban J connectivity index is 2.45. The number of fused-ring (bicyclic) bond motifs is 1. The molecule has 2 aromatic heterocycles. The molecule has 0 aliphatic carbocycles. The molecular weight excluding hydrogens is 274 g/mol. The molecule has 0 amide bonds. The number of carbonyl (C=O) groups is 1. The zero-order valence-corrected chi connectivity index (χ0v) is 12.9. The molecule has 0 saturated carbocycles. The third-order valence-electron chi connectivity index (χ3n) is 3.72. The number of anilines is 1. The highest BCUT2D eigenvalue weighted by atomic mass is 32.1. The zero-order valence-electron chi connectivity index (χ0n) is 12.1. The van der Waals surface area contributed by atoms with Crippen molar-refractivity contribution in [1.82, 2.24) is 9.97 Å². The van der Waals surface area contributed by atoms with Crippen LogP contribution in [0.5, 0.6) is 0 Å². The Hall–Kier alpha value is -1.69. The second kappa shape index (κ2) is 5.75. The molecule has 0 radical (unpaired) electrons. The lowest BCUT2D eigenvalue weighted by Gasteiger charge is -2.26. The van der Waals surface area contributed by atoms with Crippen LogP contribution in [0.2, 0.25) is 0 Å². The molecule has 0 aromatic carbocycles. The van der Waals surface area contributed by atoms with Crippen molar-refractivity contribution in [2.45, 2.75) is 40.2 Å². The first kappa shape index (κ1) is 14.7. The molecule has 0 fully saturated rings. The number of carboxylic acids is 1. The van der Waals surface area contributed by atoms with Gasteiger partial charge >= 0.3 is 0 Å². The summed E-state index contributed by atoms with van der Waals surface area (Å²) in [5.74, 6) is -0.563. The van der Waals surface area contributed by atoms with Gasteiger partial charge < -0.3 is 15.2 Å². The number of hydrogen-bond acceptors (Lipinski definition) is 6. The van der Waals surface area contributed by atoms with Crippen LogP contribution in [0.25, 0.3) is 10.2 Å². The topological polar surface area (TPSA) is 77.9 Å². The molecule has 6 heteroatoms. The molecule has 2 atom stereocenters. The molecule has 2 rings (SSSR count). The van der Waals surface area contributed by atoms with Gasteiger partial charge in [0.15, 0.2) is 0 Å². The first-order valence-electron chi connectivity index (χ1n) is 6.63. The van der Waals surface area contributed by atoms with E-state index in [1.165, 1.54) is 6.33 Å². The first-order chi connectivity index (χ1) is 9.45. The summed E-state index contributed by atoms with van der Waals surface area (Å²) in [6, 6.07) is -0.752. The van der Waals surface area contributed by atoms with E-state index in [2.05, 4.69) is 15.3 Å². The zero-order chi connectivity index (χ0) is 14.9. The Morgan fingerprint density at radius 2 is 2.15 bits per heavy atom. The number of nitrogens with zero attached hydrogens (tertiary/aromatic N) is 2. The molecular formula is C14H18N3O2S-. The Morgan fingerprint density at radius 1 is 1.45 bits per heavy atom. The summed E-state index contributed by atoms with van der Waals surface area (Å²) < 4.78 is 0. The lowest BCUT2D eigenvalue weighted by molar-refractivity contribution is -0.307. The van der Waals surface area contributed by atoms with E-state index in [1.807, 2.05) is 27.7 Å². The fourth-order valence-corrected chi connectivity index (χ4v) is 3.11. The highest BCUT2D eigenvalue weighted by molar-refractivity contribution is 7.18. The molecule has 5 nitrogen and oxygen atoms in total. The highest BCUT2D eigenvalue weighted by Gasteiger charge is 2.20. The van der Waals surface area contributed by atoms with Crippen LogP contribution in [0.3, 0.4) is 0 Å². The van der Waals surface area contributed by atoms with Crippen LogP contribution in [0.15, 0.2) is 6.33 Å². The van der Waals surface area contributed by atoms with Crippen molar-refractivity contribution in [2.24, 2.45) is 5.92 Å². The minimum atomic E-state index is -1.10. The summed E-state index contributed by atoms with van der Waals surface area (Å²) in [7, 11) is 0. The maximum Gasteiger partial charge on any atom is 0.138 e. The van der Waals surface area contributed by atoms with Gasteiger partial charge in [-0.05, 0) is 25.3 Å². The van der Waals surface area contributed by atoms with Crippen molar-refractivity contribution >= 4 is 33.3 Å². The average Bonchev–Trinajstić information content (AvgIpc) is 2.71. The van der Waals surface area contributed by atoms with E-state index in [1.54, 1.807) is 11.3 Å². The number of aliphatic carboxylic acids is 1.